The SMILES string of the molecule is CCOCC(=O)N1CC2CCCNC2C1. The maximum atomic E-state index is 11.7. The fourth-order valence-electron chi connectivity index (χ4n) is 2.53. The van der Waals surface area contributed by atoms with E-state index in [9.17, 15) is 4.79 Å². The Balaban J connectivity index is 1.82. The van der Waals surface area contributed by atoms with Crippen LogP contribution in [-0.4, -0.2) is 49.7 Å². The van der Waals surface area contributed by atoms with Gasteiger partial charge in [0.1, 0.15) is 6.61 Å². The van der Waals surface area contributed by atoms with Crippen molar-refractivity contribution in [3.8, 4) is 0 Å². The molecule has 2 fully saturated rings. The molecule has 2 unspecified atom stereocenters. The highest BCUT2D eigenvalue weighted by Crippen LogP contribution is 2.24. The number of carbonyl (C=O) groups excluding carboxylic acids is 1. The maximum absolute atomic E-state index is 11.7. The summed E-state index contributed by atoms with van der Waals surface area (Å²) in [6.45, 7) is 5.67. The van der Waals surface area contributed by atoms with Gasteiger partial charge in [0.2, 0.25) is 5.91 Å². The van der Waals surface area contributed by atoms with Crippen molar-refractivity contribution >= 4 is 5.91 Å². The first-order valence-corrected chi connectivity index (χ1v) is 5.90. The minimum atomic E-state index is 0.146. The van der Waals surface area contributed by atoms with Gasteiger partial charge in [-0.15, -0.1) is 0 Å². The van der Waals surface area contributed by atoms with Gasteiger partial charge in [-0.3, -0.25) is 4.79 Å². The zero-order valence-corrected chi connectivity index (χ0v) is 9.37. The van der Waals surface area contributed by atoms with Crippen molar-refractivity contribution in [2.24, 2.45) is 5.92 Å². The van der Waals surface area contributed by atoms with Gasteiger partial charge in [-0.2, -0.15) is 0 Å². The van der Waals surface area contributed by atoms with Gasteiger partial charge in [0.25, 0.3) is 0 Å². The number of ether oxygens (including phenoxy) is 1. The number of piperidine rings is 1. The summed E-state index contributed by atoms with van der Waals surface area (Å²) in [6.07, 6.45) is 2.50. The second-order valence-electron chi connectivity index (χ2n) is 4.40. The summed E-state index contributed by atoms with van der Waals surface area (Å²) in [5.41, 5.74) is 0. The highest BCUT2D eigenvalue weighted by atomic mass is 16.5. The van der Waals surface area contributed by atoms with Gasteiger partial charge < -0.3 is 15.0 Å². The van der Waals surface area contributed by atoms with Crippen molar-refractivity contribution in [1.29, 1.82) is 0 Å². The third-order valence-corrected chi connectivity index (χ3v) is 3.38. The molecule has 2 saturated heterocycles. The van der Waals surface area contributed by atoms with Gasteiger partial charge in [-0.1, -0.05) is 0 Å². The standard InChI is InChI=1S/C11H20N2O2/c1-2-15-8-11(14)13-6-9-4-3-5-12-10(9)7-13/h9-10,12H,2-8H2,1H3. The average molecular weight is 212 g/mol. The largest absolute Gasteiger partial charge is 0.372 e. The lowest BCUT2D eigenvalue weighted by molar-refractivity contribution is -0.135. The van der Waals surface area contributed by atoms with Gasteiger partial charge >= 0.3 is 0 Å². The monoisotopic (exact) mass is 212 g/mol. The molecule has 2 aliphatic heterocycles. The number of rotatable bonds is 3. The number of amides is 1. The van der Waals surface area contributed by atoms with Crippen LogP contribution in [0.5, 0.6) is 0 Å². The molecule has 0 aromatic heterocycles. The number of fused-ring (bicyclic) bond motifs is 1. The fraction of sp³-hybridized carbons (Fsp3) is 0.909. The van der Waals surface area contributed by atoms with Crippen LogP contribution in [0.4, 0.5) is 0 Å². The smallest absolute Gasteiger partial charge is 0.248 e. The van der Waals surface area contributed by atoms with Gasteiger partial charge in [-0.05, 0) is 32.2 Å². The molecule has 1 amide bonds. The lowest BCUT2D eigenvalue weighted by Crippen LogP contribution is -2.41. The van der Waals surface area contributed by atoms with Gasteiger partial charge in [0.15, 0.2) is 0 Å². The molecular weight excluding hydrogens is 192 g/mol. The second-order valence-corrected chi connectivity index (χ2v) is 4.40. The van der Waals surface area contributed by atoms with E-state index in [1.165, 1.54) is 12.8 Å². The van der Waals surface area contributed by atoms with Gasteiger partial charge in [-0.25, -0.2) is 0 Å². The molecule has 0 aromatic rings. The highest BCUT2D eigenvalue weighted by molar-refractivity contribution is 5.77. The van der Waals surface area contributed by atoms with E-state index in [1.807, 2.05) is 11.8 Å². The lowest BCUT2D eigenvalue weighted by Gasteiger charge is -2.24. The third-order valence-electron chi connectivity index (χ3n) is 3.38. The Labute approximate surface area is 91.0 Å². The molecule has 86 valence electrons. The van der Waals surface area contributed by atoms with Crippen LogP contribution < -0.4 is 5.32 Å². The van der Waals surface area contributed by atoms with Gasteiger partial charge in [0, 0.05) is 25.7 Å². The van der Waals surface area contributed by atoms with Crippen LogP contribution in [0.3, 0.4) is 0 Å². The summed E-state index contributed by atoms with van der Waals surface area (Å²) < 4.78 is 5.15. The minimum Gasteiger partial charge on any atom is -0.372 e. The average Bonchev–Trinajstić information content (AvgIpc) is 2.69. The van der Waals surface area contributed by atoms with Crippen molar-refractivity contribution in [1.82, 2.24) is 10.2 Å². The number of nitrogens with zero attached hydrogens (tertiary/aromatic N) is 1. The van der Waals surface area contributed by atoms with Crippen LogP contribution in [-0.2, 0) is 9.53 Å². The molecule has 0 spiro atoms. The van der Waals surface area contributed by atoms with Crippen LogP contribution in [0.1, 0.15) is 19.8 Å². The third kappa shape index (κ3) is 2.49. The molecule has 15 heavy (non-hydrogen) atoms. The Morgan fingerprint density at radius 2 is 2.40 bits per heavy atom. The van der Waals surface area contributed by atoms with Gasteiger partial charge in [0.05, 0.1) is 0 Å². The first kappa shape index (κ1) is 10.9. The molecule has 0 saturated carbocycles. The Hall–Kier alpha value is -0.610. The topological polar surface area (TPSA) is 41.6 Å². The van der Waals surface area contributed by atoms with Crippen LogP contribution in [0.25, 0.3) is 0 Å². The first-order valence-electron chi connectivity index (χ1n) is 5.90. The number of nitrogens with one attached hydrogen (secondary N) is 1. The van der Waals surface area contributed by atoms with Crippen molar-refractivity contribution in [3.05, 3.63) is 0 Å². The molecule has 1 N–H and O–H groups in total. The van der Waals surface area contributed by atoms with Crippen molar-refractivity contribution in [2.45, 2.75) is 25.8 Å². The molecule has 0 aliphatic carbocycles. The van der Waals surface area contributed by atoms with Crippen LogP contribution in [0, 0.1) is 5.92 Å². The van der Waals surface area contributed by atoms with E-state index in [1.54, 1.807) is 0 Å². The van der Waals surface area contributed by atoms with E-state index >= 15 is 0 Å². The number of likely N-dealkylation sites (tertiary alicyclic amines) is 1. The predicted molar refractivity (Wildman–Crippen MR) is 57.6 cm³/mol. The Bertz CT molecular complexity index is 219. The van der Waals surface area contributed by atoms with Crippen molar-refractivity contribution in [2.75, 3.05) is 32.8 Å². The summed E-state index contributed by atoms with van der Waals surface area (Å²) in [6, 6.07) is 0.532. The molecule has 4 heteroatoms. The van der Waals surface area contributed by atoms with Crippen LogP contribution in [0.15, 0.2) is 0 Å². The summed E-state index contributed by atoms with van der Waals surface area (Å²) in [7, 11) is 0. The molecule has 2 atom stereocenters. The summed E-state index contributed by atoms with van der Waals surface area (Å²) in [4.78, 5) is 13.7. The van der Waals surface area contributed by atoms with Crippen LogP contribution in [0.2, 0.25) is 0 Å². The predicted octanol–water partition coefficient (Wildman–Crippen LogP) is 0.233. The second kappa shape index (κ2) is 4.94. The summed E-state index contributed by atoms with van der Waals surface area (Å²) >= 11 is 0. The Morgan fingerprint density at radius 3 is 3.13 bits per heavy atom. The highest BCUT2D eigenvalue weighted by Gasteiger charge is 2.36. The summed E-state index contributed by atoms with van der Waals surface area (Å²) in [5.74, 6) is 0.817. The Kier molecular flexibility index (Phi) is 3.59. The molecule has 2 aliphatic rings. The van der Waals surface area contributed by atoms with Crippen molar-refractivity contribution < 1.29 is 9.53 Å². The molecule has 0 bridgehead atoms. The molecular formula is C11H20N2O2. The van der Waals surface area contributed by atoms with E-state index in [2.05, 4.69) is 5.32 Å². The zero-order chi connectivity index (χ0) is 10.7. The number of hydrogen-bond acceptors (Lipinski definition) is 3. The first-order chi connectivity index (χ1) is 7.31. The van der Waals surface area contributed by atoms with E-state index in [4.69, 9.17) is 4.74 Å². The Morgan fingerprint density at radius 1 is 1.53 bits per heavy atom. The van der Waals surface area contributed by atoms with E-state index < -0.39 is 0 Å². The number of carbonyl (C=O) groups is 1. The van der Waals surface area contributed by atoms with E-state index in [0.717, 1.165) is 19.6 Å². The number of hydrogen-bond donors (Lipinski definition) is 1. The zero-order valence-electron chi connectivity index (χ0n) is 9.37. The quantitative estimate of drug-likeness (QED) is 0.728. The molecule has 2 heterocycles. The molecule has 0 aromatic carbocycles. The fourth-order valence-corrected chi connectivity index (χ4v) is 2.53. The molecule has 4 nitrogen and oxygen atoms in total. The molecule has 0 radical (unpaired) electrons. The minimum absolute atomic E-state index is 0.146. The lowest BCUT2D eigenvalue weighted by atomic mass is 9.94. The molecule has 2 rings (SSSR count). The summed E-state index contributed by atoms with van der Waals surface area (Å²) in [5, 5.41) is 3.49. The van der Waals surface area contributed by atoms with E-state index in [-0.39, 0.29) is 12.5 Å². The van der Waals surface area contributed by atoms with Crippen molar-refractivity contribution in [3.63, 3.8) is 0 Å². The normalized spacial score (nSPS) is 30.3. The maximum Gasteiger partial charge on any atom is 0.248 e. The van der Waals surface area contributed by atoms with E-state index in [0.29, 0.717) is 18.6 Å². The van der Waals surface area contributed by atoms with Crippen LogP contribution >= 0.6 is 0 Å².